The van der Waals surface area contributed by atoms with Crippen LogP contribution in [0.2, 0.25) is 0 Å². The number of nitro benzene ring substituents is 1. The average molecular weight is 311 g/mol. The van der Waals surface area contributed by atoms with E-state index in [-0.39, 0.29) is 6.54 Å². The number of amides is 1. The van der Waals surface area contributed by atoms with Gasteiger partial charge in [-0.3, -0.25) is 14.9 Å². The van der Waals surface area contributed by atoms with Crippen LogP contribution in [-0.2, 0) is 6.18 Å². The lowest BCUT2D eigenvalue weighted by molar-refractivity contribution is -0.385. The van der Waals surface area contributed by atoms with Crippen LogP contribution in [0.4, 0.5) is 18.9 Å². The van der Waals surface area contributed by atoms with Gasteiger partial charge in [0, 0.05) is 17.7 Å². The molecule has 1 aromatic rings. The van der Waals surface area contributed by atoms with Gasteiger partial charge in [0.1, 0.15) is 6.54 Å². The molecular formula is C13H8F3N3O3. The summed E-state index contributed by atoms with van der Waals surface area (Å²) < 4.78 is 38.2. The molecular weight excluding hydrogens is 303 g/mol. The fraction of sp³-hybridized carbons (Fsp3) is 0.231. The van der Waals surface area contributed by atoms with Crippen LogP contribution in [0.5, 0.6) is 0 Å². The molecule has 0 saturated carbocycles. The van der Waals surface area contributed by atoms with Crippen LogP contribution in [0.25, 0.3) is 0 Å². The zero-order chi connectivity index (χ0) is 16.9. The van der Waals surface area contributed by atoms with Crippen molar-refractivity contribution in [2.45, 2.75) is 6.18 Å². The van der Waals surface area contributed by atoms with Crippen LogP contribution in [0.3, 0.4) is 0 Å². The van der Waals surface area contributed by atoms with E-state index in [2.05, 4.69) is 5.92 Å². The highest BCUT2D eigenvalue weighted by atomic mass is 19.4. The zero-order valence-corrected chi connectivity index (χ0v) is 10.9. The Morgan fingerprint density at radius 2 is 2.00 bits per heavy atom. The molecule has 1 rings (SSSR count). The summed E-state index contributed by atoms with van der Waals surface area (Å²) in [6, 6.07) is 3.15. The summed E-state index contributed by atoms with van der Waals surface area (Å²) in [5.74, 6) is 1.09. The summed E-state index contributed by atoms with van der Waals surface area (Å²) in [7, 11) is 0. The number of nitriles is 1. The normalized spacial score (nSPS) is 10.4. The van der Waals surface area contributed by atoms with Crippen molar-refractivity contribution < 1.29 is 22.9 Å². The third-order valence-electron chi connectivity index (χ3n) is 2.53. The number of halogens is 3. The van der Waals surface area contributed by atoms with Crippen molar-refractivity contribution in [2.24, 2.45) is 0 Å². The molecule has 0 unspecified atom stereocenters. The van der Waals surface area contributed by atoms with E-state index < -0.39 is 40.4 Å². The third kappa shape index (κ3) is 3.96. The van der Waals surface area contributed by atoms with Crippen LogP contribution in [0.1, 0.15) is 15.9 Å². The van der Waals surface area contributed by atoms with Crippen molar-refractivity contribution >= 4 is 11.6 Å². The minimum absolute atomic E-state index is 0.309. The molecule has 1 amide bonds. The predicted octanol–water partition coefficient (Wildman–Crippen LogP) is 2.21. The first-order chi connectivity index (χ1) is 10.2. The average Bonchev–Trinajstić information content (AvgIpc) is 2.44. The molecule has 0 aromatic heterocycles. The summed E-state index contributed by atoms with van der Waals surface area (Å²) in [4.78, 5) is 22.5. The Balaban J connectivity index is 3.37. The maximum absolute atomic E-state index is 12.7. The van der Waals surface area contributed by atoms with Crippen LogP contribution in [0.15, 0.2) is 18.2 Å². The largest absolute Gasteiger partial charge is 0.416 e. The van der Waals surface area contributed by atoms with E-state index in [4.69, 9.17) is 11.7 Å². The number of benzene rings is 1. The minimum atomic E-state index is -4.85. The van der Waals surface area contributed by atoms with Gasteiger partial charge in [-0.1, -0.05) is 5.92 Å². The van der Waals surface area contributed by atoms with Gasteiger partial charge in [0.2, 0.25) is 0 Å². The van der Waals surface area contributed by atoms with Crippen LogP contribution in [0, 0.1) is 33.8 Å². The molecule has 0 N–H and O–H groups in total. The highest BCUT2D eigenvalue weighted by Crippen LogP contribution is 2.32. The van der Waals surface area contributed by atoms with Gasteiger partial charge < -0.3 is 4.90 Å². The number of rotatable bonds is 4. The second kappa shape index (κ2) is 6.59. The number of carbonyl (C=O) groups excluding carboxylic acids is 1. The van der Waals surface area contributed by atoms with Gasteiger partial charge in [0.05, 0.1) is 23.1 Å². The lowest BCUT2D eigenvalue weighted by Gasteiger charge is -2.17. The van der Waals surface area contributed by atoms with Crippen molar-refractivity contribution in [2.75, 3.05) is 13.1 Å². The second-order valence-electron chi connectivity index (χ2n) is 4.05. The van der Waals surface area contributed by atoms with Crippen molar-refractivity contribution in [3.8, 4) is 18.4 Å². The molecule has 0 bridgehead atoms. The highest BCUT2D eigenvalue weighted by Gasteiger charge is 2.34. The Bertz CT molecular complexity index is 670. The molecule has 0 saturated heterocycles. The summed E-state index contributed by atoms with van der Waals surface area (Å²) in [5, 5.41) is 19.3. The molecule has 0 radical (unpaired) electrons. The number of alkyl halides is 3. The molecule has 1 aromatic carbocycles. The summed E-state index contributed by atoms with van der Waals surface area (Å²) >= 11 is 0. The molecule has 0 aliphatic carbocycles. The fourth-order valence-electron chi connectivity index (χ4n) is 1.58. The predicted molar refractivity (Wildman–Crippen MR) is 68.4 cm³/mol. The maximum atomic E-state index is 12.7. The summed E-state index contributed by atoms with van der Waals surface area (Å²) in [6.07, 6.45) is 0.157. The molecule has 6 nitrogen and oxygen atoms in total. The van der Waals surface area contributed by atoms with Gasteiger partial charge in [-0.25, -0.2) is 0 Å². The van der Waals surface area contributed by atoms with Crippen molar-refractivity contribution in [1.82, 2.24) is 4.90 Å². The van der Waals surface area contributed by atoms with Gasteiger partial charge in [0.25, 0.3) is 11.6 Å². The Morgan fingerprint density at radius 3 is 2.45 bits per heavy atom. The number of terminal acetylenes is 1. The lowest BCUT2D eigenvalue weighted by Crippen LogP contribution is -2.32. The number of nitrogens with zero attached hydrogens (tertiary/aromatic N) is 3. The number of hydrogen-bond acceptors (Lipinski definition) is 4. The Kier molecular flexibility index (Phi) is 5.09. The van der Waals surface area contributed by atoms with E-state index in [0.29, 0.717) is 18.2 Å². The number of non-ortho nitro benzene ring substituents is 1. The van der Waals surface area contributed by atoms with Gasteiger partial charge in [-0.05, 0) is 6.07 Å². The van der Waals surface area contributed by atoms with Crippen molar-refractivity contribution in [1.29, 1.82) is 5.26 Å². The minimum Gasteiger partial charge on any atom is -0.314 e. The van der Waals surface area contributed by atoms with E-state index >= 15 is 0 Å². The zero-order valence-electron chi connectivity index (χ0n) is 10.9. The van der Waals surface area contributed by atoms with E-state index in [9.17, 15) is 28.1 Å². The molecule has 0 heterocycles. The maximum Gasteiger partial charge on any atom is 0.416 e. The Labute approximate surface area is 122 Å². The monoisotopic (exact) mass is 311 g/mol. The SMILES string of the molecule is C#CCN(CC#N)C(=O)c1cc([N+](=O)[O-])cc(C(F)(F)F)c1. The van der Waals surface area contributed by atoms with Crippen molar-refractivity contribution in [3.05, 3.63) is 39.4 Å². The molecule has 0 spiro atoms. The Hall–Kier alpha value is -3.07. The van der Waals surface area contributed by atoms with Gasteiger partial charge in [-0.2, -0.15) is 18.4 Å². The van der Waals surface area contributed by atoms with Crippen molar-refractivity contribution in [3.63, 3.8) is 0 Å². The van der Waals surface area contributed by atoms with E-state index in [1.54, 1.807) is 6.07 Å². The van der Waals surface area contributed by atoms with Crippen LogP contribution < -0.4 is 0 Å². The number of carbonyl (C=O) groups is 1. The van der Waals surface area contributed by atoms with Gasteiger partial charge in [0.15, 0.2) is 0 Å². The topological polar surface area (TPSA) is 87.2 Å². The molecule has 0 aliphatic heterocycles. The molecule has 114 valence electrons. The molecule has 0 atom stereocenters. The van der Waals surface area contributed by atoms with E-state index in [1.165, 1.54) is 0 Å². The number of hydrogen-bond donors (Lipinski definition) is 0. The lowest BCUT2D eigenvalue weighted by atomic mass is 10.1. The molecule has 9 heteroatoms. The first-order valence-corrected chi connectivity index (χ1v) is 5.67. The summed E-state index contributed by atoms with van der Waals surface area (Å²) in [6.45, 7) is -0.760. The smallest absolute Gasteiger partial charge is 0.314 e. The Morgan fingerprint density at radius 1 is 1.36 bits per heavy atom. The van der Waals surface area contributed by atoms with Crippen LogP contribution in [-0.4, -0.2) is 28.8 Å². The highest BCUT2D eigenvalue weighted by molar-refractivity contribution is 5.95. The van der Waals surface area contributed by atoms with Gasteiger partial charge in [-0.15, -0.1) is 6.42 Å². The van der Waals surface area contributed by atoms with Gasteiger partial charge >= 0.3 is 6.18 Å². The number of nitro groups is 1. The first kappa shape index (κ1) is 17.0. The van der Waals surface area contributed by atoms with Crippen LogP contribution >= 0.6 is 0 Å². The molecule has 22 heavy (non-hydrogen) atoms. The first-order valence-electron chi connectivity index (χ1n) is 5.67. The third-order valence-corrected chi connectivity index (χ3v) is 2.53. The van der Waals surface area contributed by atoms with E-state index in [0.717, 1.165) is 4.90 Å². The van der Waals surface area contributed by atoms with E-state index in [1.807, 2.05) is 0 Å². The standard InChI is InChI=1S/C13H8F3N3O3/c1-2-4-18(5-3-17)12(20)9-6-10(13(14,15)16)8-11(7-9)19(21)22/h1,6-8H,4-5H2. The second-order valence-corrected chi connectivity index (χ2v) is 4.05. The fourth-order valence-corrected chi connectivity index (χ4v) is 1.58. The quantitative estimate of drug-likeness (QED) is 0.369. The molecule has 0 aliphatic rings. The molecule has 0 fully saturated rings. The summed E-state index contributed by atoms with van der Waals surface area (Å²) in [5.41, 5.74) is -2.77.